The van der Waals surface area contributed by atoms with Crippen molar-refractivity contribution in [1.82, 2.24) is 9.44 Å². The topological polar surface area (TPSA) is 92.3 Å². The highest BCUT2D eigenvalue weighted by molar-refractivity contribution is 9.10. The number of sulfonamides is 2. The Bertz CT molecular complexity index is 1010. The van der Waals surface area contributed by atoms with Crippen LogP contribution in [0.25, 0.3) is 0 Å². The van der Waals surface area contributed by atoms with E-state index in [0.717, 1.165) is 0 Å². The number of nitrogens with one attached hydrogen (secondary N) is 2. The smallest absolute Gasteiger partial charge is 0.212 e. The molecule has 0 amide bonds. The molecule has 0 bridgehead atoms. The molecule has 27 heavy (non-hydrogen) atoms. The molecule has 6 nitrogen and oxygen atoms in total. The van der Waals surface area contributed by atoms with Gasteiger partial charge in [0, 0.05) is 17.1 Å². The molecule has 10 heteroatoms. The van der Waals surface area contributed by atoms with Gasteiger partial charge in [0.15, 0.2) is 0 Å². The lowest BCUT2D eigenvalue weighted by Crippen LogP contribution is -2.31. The zero-order valence-electron chi connectivity index (χ0n) is 14.7. The minimum atomic E-state index is -3.77. The van der Waals surface area contributed by atoms with E-state index in [0.29, 0.717) is 15.6 Å². The fourth-order valence-electron chi connectivity index (χ4n) is 2.32. The molecule has 0 spiro atoms. The quantitative estimate of drug-likeness (QED) is 0.587. The van der Waals surface area contributed by atoms with Gasteiger partial charge >= 0.3 is 0 Å². The summed E-state index contributed by atoms with van der Waals surface area (Å²) in [4.78, 5) is -0.00478. The van der Waals surface area contributed by atoms with Crippen LogP contribution in [-0.2, 0) is 32.3 Å². The molecule has 148 valence electrons. The lowest BCUT2D eigenvalue weighted by Gasteiger charge is -2.11. The van der Waals surface area contributed by atoms with Crippen LogP contribution in [0.5, 0.6) is 0 Å². The average Bonchev–Trinajstić information content (AvgIpc) is 2.52. The van der Waals surface area contributed by atoms with Gasteiger partial charge in [-0.2, -0.15) is 0 Å². The maximum Gasteiger partial charge on any atom is 0.242 e. The second kappa shape index (κ2) is 9.02. The Balaban J connectivity index is 2.04. The van der Waals surface area contributed by atoms with Crippen LogP contribution >= 0.6 is 27.5 Å². The van der Waals surface area contributed by atoms with Crippen molar-refractivity contribution in [3.63, 3.8) is 0 Å². The second-order valence-electron chi connectivity index (χ2n) is 6.25. The normalized spacial score (nSPS) is 12.5. The summed E-state index contributed by atoms with van der Waals surface area (Å²) in [5.41, 5.74) is 1.32. The minimum absolute atomic E-state index is 0.00478. The van der Waals surface area contributed by atoms with E-state index in [-0.39, 0.29) is 28.3 Å². The predicted octanol–water partition coefficient (Wildman–Crippen LogP) is 3.41. The van der Waals surface area contributed by atoms with Gasteiger partial charge in [0.05, 0.1) is 10.8 Å². The predicted molar refractivity (Wildman–Crippen MR) is 111 cm³/mol. The summed E-state index contributed by atoms with van der Waals surface area (Å²) in [5.74, 6) is -0.133. The third kappa shape index (κ3) is 6.85. The first-order valence-electron chi connectivity index (χ1n) is 8.01. The molecule has 0 aliphatic carbocycles. The van der Waals surface area contributed by atoms with Crippen molar-refractivity contribution < 1.29 is 16.8 Å². The highest BCUT2D eigenvalue weighted by Crippen LogP contribution is 2.25. The van der Waals surface area contributed by atoms with Gasteiger partial charge in [-0.05, 0) is 43.2 Å². The summed E-state index contributed by atoms with van der Waals surface area (Å²) in [6.45, 7) is 3.57. The first-order valence-corrected chi connectivity index (χ1v) is 12.3. The number of hydrogen-bond donors (Lipinski definition) is 2. The molecule has 0 heterocycles. The average molecular weight is 496 g/mol. The zero-order chi connectivity index (χ0) is 20.2. The largest absolute Gasteiger partial charge is 0.242 e. The molecule has 0 unspecified atom stereocenters. The maximum absolute atomic E-state index is 12.4. The highest BCUT2D eigenvalue weighted by Gasteiger charge is 2.18. The van der Waals surface area contributed by atoms with Gasteiger partial charge in [-0.3, -0.25) is 0 Å². The maximum atomic E-state index is 12.4. The Morgan fingerprint density at radius 2 is 1.59 bits per heavy atom. The van der Waals surface area contributed by atoms with Crippen molar-refractivity contribution in [2.45, 2.75) is 37.1 Å². The SMILES string of the molecule is CC(C)NS(=O)(=O)Cc1ccc(CNS(=O)(=O)c2ccc(Br)cc2Cl)cc1. The highest BCUT2D eigenvalue weighted by atomic mass is 79.9. The minimum Gasteiger partial charge on any atom is -0.212 e. The van der Waals surface area contributed by atoms with Crippen molar-refractivity contribution in [2.75, 3.05) is 0 Å². The summed E-state index contributed by atoms with van der Waals surface area (Å²) in [7, 11) is -7.17. The molecule has 0 radical (unpaired) electrons. The molecule has 2 rings (SSSR count). The Hall–Kier alpha value is -0.970. The Labute approximate surface area is 173 Å². The molecule has 0 aromatic heterocycles. The molecule has 2 aromatic rings. The third-order valence-electron chi connectivity index (χ3n) is 3.44. The Morgan fingerprint density at radius 3 is 2.15 bits per heavy atom. The van der Waals surface area contributed by atoms with Crippen LogP contribution in [-0.4, -0.2) is 22.9 Å². The van der Waals surface area contributed by atoms with Crippen molar-refractivity contribution >= 4 is 47.6 Å². The monoisotopic (exact) mass is 494 g/mol. The third-order valence-corrected chi connectivity index (χ3v) is 7.37. The van der Waals surface area contributed by atoms with Crippen LogP contribution < -0.4 is 9.44 Å². The summed E-state index contributed by atoms with van der Waals surface area (Å²) in [5, 5.41) is 0.120. The van der Waals surface area contributed by atoms with Crippen molar-refractivity contribution in [1.29, 1.82) is 0 Å². The van der Waals surface area contributed by atoms with E-state index in [2.05, 4.69) is 25.4 Å². The molecule has 2 aromatic carbocycles. The summed E-state index contributed by atoms with van der Waals surface area (Å²) < 4.78 is 54.4. The molecule has 2 N–H and O–H groups in total. The zero-order valence-corrected chi connectivity index (χ0v) is 18.7. The van der Waals surface area contributed by atoms with Crippen LogP contribution in [0, 0.1) is 0 Å². The van der Waals surface area contributed by atoms with Crippen LogP contribution in [0.1, 0.15) is 25.0 Å². The summed E-state index contributed by atoms with van der Waals surface area (Å²) in [6, 6.07) is 11.1. The van der Waals surface area contributed by atoms with E-state index in [9.17, 15) is 16.8 Å². The standard InChI is InChI=1S/C17H20BrClN2O4S2/c1-12(2)21-26(22,23)11-14-5-3-13(4-6-14)10-20-27(24,25)17-8-7-15(18)9-16(17)19/h3-9,12,20-21H,10-11H2,1-2H3. The van der Waals surface area contributed by atoms with Crippen molar-refractivity contribution in [3.8, 4) is 0 Å². The van der Waals surface area contributed by atoms with Crippen LogP contribution in [0.2, 0.25) is 5.02 Å². The summed E-state index contributed by atoms with van der Waals surface area (Å²) >= 11 is 9.23. The van der Waals surface area contributed by atoms with E-state index in [4.69, 9.17) is 11.6 Å². The van der Waals surface area contributed by atoms with Crippen molar-refractivity contribution in [2.24, 2.45) is 0 Å². The molecule has 0 aliphatic heterocycles. The second-order valence-corrected chi connectivity index (χ2v) is 11.1. The molecule has 0 fully saturated rings. The van der Waals surface area contributed by atoms with Gasteiger partial charge < -0.3 is 0 Å². The molecule has 0 aliphatic rings. The lowest BCUT2D eigenvalue weighted by molar-refractivity contribution is 0.569. The first-order chi connectivity index (χ1) is 12.5. The molecule has 0 saturated carbocycles. The van der Waals surface area contributed by atoms with Crippen LogP contribution in [0.4, 0.5) is 0 Å². The van der Waals surface area contributed by atoms with Gasteiger partial charge in [-0.1, -0.05) is 51.8 Å². The van der Waals surface area contributed by atoms with Gasteiger partial charge in [-0.15, -0.1) is 0 Å². The van der Waals surface area contributed by atoms with Gasteiger partial charge in [0.1, 0.15) is 4.90 Å². The van der Waals surface area contributed by atoms with E-state index < -0.39 is 20.0 Å². The van der Waals surface area contributed by atoms with E-state index >= 15 is 0 Å². The van der Waals surface area contributed by atoms with Crippen molar-refractivity contribution in [3.05, 3.63) is 63.1 Å². The molecule has 0 saturated heterocycles. The van der Waals surface area contributed by atoms with Gasteiger partial charge in [0.25, 0.3) is 0 Å². The van der Waals surface area contributed by atoms with Crippen LogP contribution in [0.3, 0.4) is 0 Å². The summed E-state index contributed by atoms with van der Waals surface area (Å²) in [6.07, 6.45) is 0. The van der Waals surface area contributed by atoms with E-state index in [1.54, 1.807) is 44.2 Å². The van der Waals surface area contributed by atoms with E-state index in [1.165, 1.54) is 12.1 Å². The number of halogens is 2. The number of rotatable bonds is 8. The number of hydrogen-bond acceptors (Lipinski definition) is 4. The Morgan fingerprint density at radius 1 is 1.00 bits per heavy atom. The van der Waals surface area contributed by atoms with E-state index in [1.807, 2.05) is 0 Å². The molecular formula is C17H20BrClN2O4S2. The lowest BCUT2D eigenvalue weighted by atomic mass is 10.1. The fourth-order valence-corrected chi connectivity index (χ4v) is 5.81. The Kier molecular flexibility index (Phi) is 7.46. The van der Waals surface area contributed by atoms with Gasteiger partial charge in [-0.25, -0.2) is 26.3 Å². The number of benzene rings is 2. The fraction of sp³-hybridized carbons (Fsp3) is 0.294. The molecule has 0 atom stereocenters. The van der Waals surface area contributed by atoms with Gasteiger partial charge in [0.2, 0.25) is 20.0 Å². The molecular weight excluding hydrogens is 476 g/mol. The van der Waals surface area contributed by atoms with Crippen LogP contribution in [0.15, 0.2) is 51.8 Å². The first kappa shape index (κ1) is 22.3.